The van der Waals surface area contributed by atoms with E-state index in [1.807, 2.05) is 12.1 Å². The van der Waals surface area contributed by atoms with Crippen LogP contribution < -0.4 is 20.3 Å². The average Bonchev–Trinajstić information content (AvgIpc) is 3.33. The highest BCUT2D eigenvalue weighted by atomic mass is 16.6. The second-order valence-electron chi connectivity index (χ2n) is 6.48. The molecule has 6 nitrogen and oxygen atoms in total. The van der Waals surface area contributed by atoms with Gasteiger partial charge in [0.15, 0.2) is 11.5 Å². The van der Waals surface area contributed by atoms with Crippen LogP contribution in [0.3, 0.4) is 0 Å². The van der Waals surface area contributed by atoms with Crippen LogP contribution in [0.15, 0.2) is 24.3 Å². The van der Waals surface area contributed by atoms with Gasteiger partial charge in [0.2, 0.25) is 12.0 Å². The molecular formula is C17H20N2O4. The van der Waals surface area contributed by atoms with E-state index in [0.29, 0.717) is 23.3 Å². The second-order valence-corrected chi connectivity index (χ2v) is 6.48. The fourth-order valence-electron chi connectivity index (χ4n) is 3.82. The molecule has 2 fully saturated rings. The molecule has 0 bridgehead atoms. The van der Waals surface area contributed by atoms with Crippen molar-refractivity contribution in [2.24, 2.45) is 17.8 Å². The molecule has 0 radical (unpaired) electrons. The zero-order chi connectivity index (χ0) is 15.8. The first-order chi connectivity index (χ1) is 11.2. The van der Waals surface area contributed by atoms with Crippen LogP contribution in [0.1, 0.15) is 25.7 Å². The minimum atomic E-state index is -0.758. The zero-order valence-electron chi connectivity index (χ0n) is 12.8. The van der Waals surface area contributed by atoms with Gasteiger partial charge < -0.3 is 9.47 Å². The molecule has 2 N–H and O–H groups in total. The van der Waals surface area contributed by atoms with E-state index in [4.69, 9.17) is 9.47 Å². The first kappa shape index (κ1) is 14.4. The molecule has 3 atom stereocenters. The van der Waals surface area contributed by atoms with Crippen LogP contribution in [-0.2, 0) is 9.59 Å². The number of hydrogen-bond donors (Lipinski definition) is 2. The van der Waals surface area contributed by atoms with Crippen molar-refractivity contribution in [1.29, 1.82) is 0 Å². The van der Waals surface area contributed by atoms with Crippen LogP contribution in [0.2, 0.25) is 0 Å². The summed E-state index contributed by atoms with van der Waals surface area (Å²) in [5.41, 5.74) is 5.02. The number of fused-ring (bicyclic) bond motifs is 2. The molecule has 2 amide bonds. The number of amides is 2. The summed E-state index contributed by atoms with van der Waals surface area (Å²) in [7, 11) is 0. The van der Waals surface area contributed by atoms with Gasteiger partial charge >= 0.3 is 0 Å². The van der Waals surface area contributed by atoms with Crippen LogP contribution >= 0.6 is 0 Å². The van der Waals surface area contributed by atoms with E-state index in [-0.39, 0.29) is 18.4 Å². The summed E-state index contributed by atoms with van der Waals surface area (Å²) >= 11 is 0. The smallest absolute Gasteiger partial charge is 0.283 e. The largest absolute Gasteiger partial charge is 0.485 e. The average molecular weight is 316 g/mol. The molecule has 2 aliphatic carbocycles. The Kier molecular flexibility index (Phi) is 3.59. The predicted octanol–water partition coefficient (Wildman–Crippen LogP) is 1.41. The molecule has 1 aliphatic heterocycles. The van der Waals surface area contributed by atoms with Gasteiger partial charge in [-0.05, 0) is 36.8 Å². The number of hydrogen-bond acceptors (Lipinski definition) is 4. The Labute approximate surface area is 134 Å². The lowest BCUT2D eigenvalue weighted by Crippen LogP contribution is -2.51. The Balaban J connectivity index is 1.29. The van der Waals surface area contributed by atoms with Crippen molar-refractivity contribution < 1.29 is 19.1 Å². The lowest BCUT2D eigenvalue weighted by Gasteiger charge is -2.25. The maximum Gasteiger partial charge on any atom is 0.283 e. The third-order valence-electron chi connectivity index (χ3n) is 5.07. The molecule has 4 rings (SSSR count). The molecule has 2 saturated carbocycles. The summed E-state index contributed by atoms with van der Waals surface area (Å²) in [6.45, 7) is 0.132. The summed E-state index contributed by atoms with van der Waals surface area (Å²) in [6, 6.07) is 7.21. The van der Waals surface area contributed by atoms with E-state index in [1.165, 1.54) is 12.8 Å². The zero-order valence-corrected chi connectivity index (χ0v) is 12.8. The standard InChI is InChI=1S/C17H20N2O4/c20-16(14-9-22-12-7-3-4-8-13(12)23-14)18-19-17(21)15-10-5-1-2-6-11(10)15/h3-4,7-8,10-11,14-15H,1-2,5-6,9H2,(H,18,20)(H,19,21)/t10-,11-,14-/m1/s1. The van der Waals surface area contributed by atoms with Gasteiger partial charge in [0.1, 0.15) is 6.61 Å². The molecule has 122 valence electrons. The van der Waals surface area contributed by atoms with Crippen molar-refractivity contribution in [3.05, 3.63) is 24.3 Å². The Morgan fingerprint density at radius 3 is 2.35 bits per heavy atom. The minimum absolute atomic E-state index is 0.0713. The van der Waals surface area contributed by atoms with E-state index in [1.54, 1.807) is 12.1 Å². The lowest BCUT2D eigenvalue weighted by atomic mass is 10.0. The number of hydrazine groups is 1. The van der Waals surface area contributed by atoms with Crippen LogP contribution in [0.25, 0.3) is 0 Å². The van der Waals surface area contributed by atoms with Crippen LogP contribution in [0.5, 0.6) is 11.5 Å². The third-order valence-corrected chi connectivity index (χ3v) is 5.07. The molecular weight excluding hydrogens is 296 g/mol. The third kappa shape index (κ3) is 2.73. The van der Waals surface area contributed by atoms with E-state index in [9.17, 15) is 9.59 Å². The van der Waals surface area contributed by atoms with Gasteiger partial charge in [-0.3, -0.25) is 20.4 Å². The van der Waals surface area contributed by atoms with E-state index < -0.39 is 12.0 Å². The monoisotopic (exact) mass is 316 g/mol. The Morgan fingerprint density at radius 2 is 1.61 bits per heavy atom. The van der Waals surface area contributed by atoms with Gasteiger partial charge in [0.25, 0.3) is 5.91 Å². The molecule has 0 aromatic heterocycles. The first-order valence-corrected chi connectivity index (χ1v) is 8.22. The minimum Gasteiger partial charge on any atom is -0.485 e. The maximum atomic E-state index is 12.2. The number of nitrogens with one attached hydrogen (secondary N) is 2. The molecule has 0 unspecified atom stereocenters. The summed E-state index contributed by atoms with van der Waals surface area (Å²) < 4.78 is 11.1. The Hall–Kier alpha value is -2.24. The van der Waals surface area contributed by atoms with Gasteiger partial charge in [-0.2, -0.15) is 0 Å². The van der Waals surface area contributed by atoms with Crippen molar-refractivity contribution in [1.82, 2.24) is 10.9 Å². The topological polar surface area (TPSA) is 76.7 Å². The Morgan fingerprint density at radius 1 is 0.957 bits per heavy atom. The molecule has 3 aliphatic rings. The van der Waals surface area contributed by atoms with Crippen molar-refractivity contribution in [2.75, 3.05) is 6.61 Å². The highest BCUT2D eigenvalue weighted by Gasteiger charge is 2.54. The molecule has 6 heteroatoms. The summed E-state index contributed by atoms with van der Waals surface area (Å²) in [5, 5.41) is 0. The first-order valence-electron chi connectivity index (χ1n) is 8.22. The van der Waals surface area contributed by atoms with E-state index in [2.05, 4.69) is 10.9 Å². The maximum absolute atomic E-state index is 12.2. The molecule has 1 aromatic rings. The van der Waals surface area contributed by atoms with Gasteiger partial charge in [-0.15, -0.1) is 0 Å². The normalized spacial score (nSPS) is 30.8. The molecule has 1 aromatic carbocycles. The van der Waals surface area contributed by atoms with Crippen molar-refractivity contribution in [3.63, 3.8) is 0 Å². The van der Waals surface area contributed by atoms with Crippen molar-refractivity contribution in [3.8, 4) is 11.5 Å². The number of rotatable bonds is 2. The molecule has 23 heavy (non-hydrogen) atoms. The highest BCUT2D eigenvalue weighted by molar-refractivity contribution is 5.87. The van der Waals surface area contributed by atoms with Crippen LogP contribution in [0, 0.1) is 17.8 Å². The van der Waals surface area contributed by atoms with Crippen LogP contribution in [0.4, 0.5) is 0 Å². The molecule has 1 heterocycles. The van der Waals surface area contributed by atoms with Crippen LogP contribution in [-0.4, -0.2) is 24.5 Å². The quantitative estimate of drug-likeness (QED) is 0.809. The lowest BCUT2D eigenvalue weighted by molar-refractivity contribution is -0.135. The number of carbonyl (C=O) groups excluding carboxylic acids is 2. The highest BCUT2D eigenvalue weighted by Crippen LogP contribution is 2.55. The fraction of sp³-hybridized carbons (Fsp3) is 0.529. The summed E-state index contributed by atoms with van der Waals surface area (Å²) in [4.78, 5) is 24.3. The SMILES string of the molecule is O=C(NNC(=O)[C@H]1COc2ccccc2O1)C1[C@@H]2CCCC[C@@H]12. The second kappa shape index (κ2) is 5.76. The summed E-state index contributed by atoms with van der Waals surface area (Å²) in [5.74, 6) is 1.80. The fourth-order valence-corrected chi connectivity index (χ4v) is 3.82. The molecule has 0 saturated heterocycles. The van der Waals surface area contributed by atoms with Gasteiger partial charge in [-0.1, -0.05) is 25.0 Å². The van der Waals surface area contributed by atoms with Crippen molar-refractivity contribution in [2.45, 2.75) is 31.8 Å². The van der Waals surface area contributed by atoms with Gasteiger partial charge in [-0.25, -0.2) is 0 Å². The van der Waals surface area contributed by atoms with Gasteiger partial charge in [0.05, 0.1) is 0 Å². The number of ether oxygens (including phenoxy) is 2. The Bertz CT molecular complexity index is 621. The number of benzene rings is 1. The number of para-hydroxylation sites is 2. The summed E-state index contributed by atoms with van der Waals surface area (Å²) in [6.07, 6.45) is 3.93. The number of carbonyl (C=O) groups is 2. The molecule has 0 spiro atoms. The van der Waals surface area contributed by atoms with Gasteiger partial charge in [0, 0.05) is 5.92 Å². The van der Waals surface area contributed by atoms with Crippen molar-refractivity contribution >= 4 is 11.8 Å². The predicted molar refractivity (Wildman–Crippen MR) is 81.6 cm³/mol. The van der Waals surface area contributed by atoms with E-state index in [0.717, 1.165) is 12.8 Å². The van der Waals surface area contributed by atoms with E-state index >= 15 is 0 Å².